The van der Waals surface area contributed by atoms with Crippen LogP contribution in [0.2, 0.25) is 0 Å². The average Bonchev–Trinajstić information content (AvgIpc) is 3.09. The molecule has 0 spiro atoms. The number of hydrogen-bond donors (Lipinski definition) is 0. The van der Waals surface area contributed by atoms with E-state index in [2.05, 4.69) is 28.6 Å². The molecule has 1 aliphatic heterocycles. The maximum Gasteiger partial charge on any atom is 0.169 e. The van der Waals surface area contributed by atoms with Gasteiger partial charge in [-0.2, -0.15) is 0 Å². The SMILES string of the molecule is Cn1c2c(c3ccccc31)C(=O)C(CN1CCC(C(=O)c3ccc(F)cc3)CC1)CC2. The van der Waals surface area contributed by atoms with Gasteiger partial charge in [0.25, 0.3) is 0 Å². The smallest absolute Gasteiger partial charge is 0.169 e. The number of carbonyl (C=O) groups excluding carboxylic acids is 2. The number of hydrogen-bond acceptors (Lipinski definition) is 3. The van der Waals surface area contributed by atoms with Crippen molar-refractivity contribution in [1.82, 2.24) is 9.47 Å². The molecule has 1 unspecified atom stereocenters. The third-order valence-electron chi connectivity index (χ3n) is 7.14. The van der Waals surface area contributed by atoms with Crippen molar-refractivity contribution in [3.63, 3.8) is 0 Å². The molecule has 2 aromatic carbocycles. The molecule has 0 radical (unpaired) electrons. The molecule has 0 N–H and O–H groups in total. The van der Waals surface area contributed by atoms with Gasteiger partial charge in [0.05, 0.1) is 0 Å². The molecule has 5 rings (SSSR count). The van der Waals surface area contributed by atoms with Gasteiger partial charge in [-0.25, -0.2) is 4.39 Å². The Balaban J connectivity index is 1.24. The number of rotatable bonds is 4. The number of likely N-dealkylation sites (tertiary alicyclic amines) is 1. The van der Waals surface area contributed by atoms with Crippen LogP contribution < -0.4 is 0 Å². The minimum atomic E-state index is -0.321. The number of Topliss-reactive ketones (excluding diaryl/α,β-unsaturated/α-hetero) is 2. The molecule has 1 saturated heterocycles. The molecule has 5 heteroatoms. The monoisotopic (exact) mass is 418 g/mol. The van der Waals surface area contributed by atoms with Crippen LogP contribution in [-0.4, -0.2) is 40.7 Å². The highest BCUT2D eigenvalue weighted by Gasteiger charge is 2.34. The summed E-state index contributed by atoms with van der Waals surface area (Å²) in [5, 5.41) is 1.07. The highest BCUT2D eigenvalue weighted by molar-refractivity contribution is 6.11. The van der Waals surface area contributed by atoms with E-state index in [0.29, 0.717) is 5.56 Å². The quantitative estimate of drug-likeness (QED) is 0.579. The van der Waals surface area contributed by atoms with E-state index in [0.717, 1.165) is 67.5 Å². The van der Waals surface area contributed by atoms with E-state index in [1.807, 2.05) is 12.1 Å². The van der Waals surface area contributed by atoms with E-state index in [9.17, 15) is 14.0 Å². The molecular weight excluding hydrogens is 391 g/mol. The first-order valence-electron chi connectivity index (χ1n) is 11.2. The topological polar surface area (TPSA) is 42.3 Å². The van der Waals surface area contributed by atoms with E-state index in [4.69, 9.17) is 0 Å². The highest BCUT2D eigenvalue weighted by atomic mass is 19.1. The first-order chi connectivity index (χ1) is 15.0. The van der Waals surface area contributed by atoms with E-state index in [1.165, 1.54) is 12.1 Å². The van der Waals surface area contributed by atoms with Crippen molar-refractivity contribution in [2.24, 2.45) is 18.9 Å². The van der Waals surface area contributed by atoms with Gasteiger partial charge in [0.2, 0.25) is 0 Å². The van der Waals surface area contributed by atoms with E-state index >= 15 is 0 Å². The van der Waals surface area contributed by atoms with Crippen molar-refractivity contribution in [1.29, 1.82) is 0 Å². The van der Waals surface area contributed by atoms with Crippen molar-refractivity contribution in [3.05, 3.63) is 71.2 Å². The molecule has 160 valence electrons. The molecule has 3 aromatic rings. The second-order valence-corrected chi connectivity index (χ2v) is 8.94. The van der Waals surface area contributed by atoms with Crippen LogP contribution in [0.15, 0.2) is 48.5 Å². The maximum absolute atomic E-state index is 13.4. The number of ketones is 2. The highest BCUT2D eigenvalue weighted by Crippen LogP contribution is 2.34. The summed E-state index contributed by atoms with van der Waals surface area (Å²) < 4.78 is 15.3. The van der Waals surface area contributed by atoms with Gasteiger partial charge in [-0.05, 0) is 69.1 Å². The number of nitrogens with zero attached hydrogens (tertiary/aromatic N) is 2. The molecular formula is C26H27FN2O2. The first kappa shape index (κ1) is 20.1. The van der Waals surface area contributed by atoms with Crippen LogP contribution >= 0.6 is 0 Å². The Morgan fingerprint density at radius 3 is 2.48 bits per heavy atom. The van der Waals surface area contributed by atoms with Crippen LogP contribution in [0.1, 0.15) is 45.7 Å². The van der Waals surface area contributed by atoms with Gasteiger partial charge in [-0.3, -0.25) is 9.59 Å². The Morgan fingerprint density at radius 2 is 1.74 bits per heavy atom. The van der Waals surface area contributed by atoms with Crippen molar-refractivity contribution < 1.29 is 14.0 Å². The summed E-state index contributed by atoms with van der Waals surface area (Å²) in [5.74, 6) is 0.0466. The molecule has 0 bridgehead atoms. The van der Waals surface area contributed by atoms with Crippen LogP contribution in [0.25, 0.3) is 10.9 Å². The largest absolute Gasteiger partial charge is 0.347 e. The maximum atomic E-state index is 13.4. The minimum absolute atomic E-state index is 0.0163. The molecule has 1 aliphatic carbocycles. The van der Waals surface area contributed by atoms with Crippen LogP contribution in [0.3, 0.4) is 0 Å². The average molecular weight is 419 g/mol. The molecule has 31 heavy (non-hydrogen) atoms. The van der Waals surface area contributed by atoms with Crippen LogP contribution in [0, 0.1) is 17.7 Å². The molecule has 1 fully saturated rings. The standard InChI is InChI=1S/C26H27FN2O2/c1-28-22-5-3-2-4-21(22)24-23(28)11-8-19(26(24)31)16-29-14-12-18(13-15-29)25(30)17-6-9-20(27)10-7-17/h2-7,9-10,18-19H,8,11-16H2,1H3. The van der Waals surface area contributed by atoms with E-state index < -0.39 is 0 Å². The van der Waals surface area contributed by atoms with Crippen LogP contribution in [0.5, 0.6) is 0 Å². The molecule has 2 aliphatic rings. The number of aromatic nitrogens is 1. The number of aryl methyl sites for hydroxylation is 1. The number of halogens is 1. The van der Waals surface area contributed by atoms with Crippen LogP contribution in [-0.2, 0) is 13.5 Å². The Hall–Kier alpha value is -2.79. The lowest BCUT2D eigenvalue weighted by Crippen LogP contribution is -2.41. The van der Waals surface area contributed by atoms with Gasteiger partial charge in [0.1, 0.15) is 5.82 Å². The summed E-state index contributed by atoms with van der Waals surface area (Å²) >= 11 is 0. The van der Waals surface area contributed by atoms with E-state index in [-0.39, 0.29) is 29.2 Å². The summed E-state index contributed by atoms with van der Waals surface area (Å²) in [5.41, 5.74) is 3.79. The van der Waals surface area contributed by atoms with Gasteiger partial charge >= 0.3 is 0 Å². The lowest BCUT2D eigenvalue weighted by molar-refractivity contribution is 0.0761. The van der Waals surface area contributed by atoms with Gasteiger partial charge in [0, 0.05) is 53.2 Å². The van der Waals surface area contributed by atoms with Crippen molar-refractivity contribution >= 4 is 22.5 Å². The Morgan fingerprint density at radius 1 is 1.03 bits per heavy atom. The second-order valence-electron chi connectivity index (χ2n) is 8.94. The number of benzene rings is 2. The van der Waals surface area contributed by atoms with Gasteiger partial charge in [0.15, 0.2) is 11.6 Å². The predicted octanol–water partition coefficient (Wildman–Crippen LogP) is 4.66. The number of para-hydroxylation sites is 1. The fourth-order valence-electron chi connectivity index (χ4n) is 5.37. The molecule has 4 nitrogen and oxygen atoms in total. The fourth-order valence-corrected chi connectivity index (χ4v) is 5.37. The molecule has 1 aromatic heterocycles. The second kappa shape index (κ2) is 8.04. The molecule has 2 heterocycles. The number of carbonyl (C=O) groups is 2. The van der Waals surface area contributed by atoms with Crippen LogP contribution in [0.4, 0.5) is 4.39 Å². The van der Waals surface area contributed by atoms with Crippen molar-refractivity contribution in [3.8, 4) is 0 Å². The molecule has 1 atom stereocenters. The third kappa shape index (κ3) is 3.61. The third-order valence-corrected chi connectivity index (χ3v) is 7.14. The van der Waals surface area contributed by atoms with Gasteiger partial charge in [-0.1, -0.05) is 18.2 Å². The van der Waals surface area contributed by atoms with Crippen molar-refractivity contribution in [2.45, 2.75) is 25.7 Å². The predicted molar refractivity (Wildman–Crippen MR) is 119 cm³/mol. The lowest BCUT2D eigenvalue weighted by atomic mass is 9.83. The summed E-state index contributed by atoms with van der Waals surface area (Å²) in [6.45, 7) is 2.41. The van der Waals surface area contributed by atoms with E-state index in [1.54, 1.807) is 12.1 Å². The molecule has 0 saturated carbocycles. The summed E-state index contributed by atoms with van der Waals surface area (Å²) in [6.07, 6.45) is 3.38. The zero-order chi connectivity index (χ0) is 21.5. The summed E-state index contributed by atoms with van der Waals surface area (Å²) in [7, 11) is 2.05. The zero-order valence-electron chi connectivity index (χ0n) is 17.8. The lowest BCUT2D eigenvalue weighted by Gasteiger charge is -2.34. The Bertz CT molecular complexity index is 1140. The Kier molecular flexibility index (Phi) is 5.22. The number of piperidine rings is 1. The zero-order valence-corrected chi connectivity index (χ0v) is 17.8. The number of fused-ring (bicyclic) bond motifs is 3. The fraction of sp³-hybridized carbons (Fsp3) is 0.385. The van der Waals surface area contributed by atoms with Crippen molar-refractivity contribution in [2.75, 3.05) is 19.6 Å². The Labute approximate surface area is 181 Å². The summed E-state index contributed by atoms with van der Waals surface area (Å²) in [6, 6.07) is 14.0. The first-order valence-corrected chi connectivity index (χ1v) is 11.2. The van der Waals surface area contributed by atoms with Gasteiger partial charge in [-0.15, -0.1) is 0 Å². The normalized spacial score (nSPS) is 20.2. The molecule has 0 amide bonds. The summed E-state index contributed by atoms with van der Waals surface area (Å²) in [4.78, 5) is 28.4. The minimum Gasteiger partial charge on any atom is -0.347 e. The van der Waals surface area contributed by atoms with Gasteiger partial charge < -0.3 is 9.47 Å².